The van der Waals surface area contributed by atoms with Gasteiger partial charge in [0, 0.05) is 13.6 Å². The van der Waals surface area contributed by atoms with Crippen LogP contribution in [-0.4, -0.2) is 24.7 Å². The third-order valence-corrected chi connectivity index (χ3v) is 2.96. The van der Waals surface area contributed by atoms with Gasteiger partial charge in [-0.1, -0.05) is 30.3 Å². The van der Waals surface area contributed by atoms with Gasteiger partial charge in [0.05, 0.1) is 18.5 Å². The quantitative estimate of drug-likeness (QED) is 0.916. The highest BCUT2D eigenvalue weighted by Gasteiger charge is 2.05. The minimum atomic E-state index is -0.490. The summed E-state index contributed by atoms with van der Waals surface area (Å²) in [6.45, 7) is 2.89. The van der Waals surface area contributed by atoms with Crippen LogP contribution in [0.2, 0.25) is 0 Å². The van der Waals surface area contributed by atoms with Crippen molar-refractivity contribution in [1.29, 1.82) is 0 Å². The van der Waals surface area contributed by atoms with Gasteiger partial charge in [0.1, 0.15) is 5.82 Å². The van der Waals surface area contributed by atoms with Gasteiger partial charge in [0.25, 0.3) is 0 Å². The zero-order chi connectivity index (χ0) is 15.1. The fourth-order valence-electron chi connectivity index (χ4n) is 1.91. The van der Waals surface area contributed by atoms with Gasteiger partial charge in [0.15, 0.2) is 0 Å². The van der Waals surface area contributed by atoms with E-state index in [1.807, 2.05) is 31.3 Å². The summed E-state index contributed by atoms with van der Waals surface area (Å²) in [7, 11) is 2.00. The van der Waals surface area contributed by atoms with E-state index in [0.29, 0.717) is 12.4 Å². The van der Waals surface area contributed by atoms with E-state index in [0.717, 1.165) is 12.2 Å². The van der Waals surface area contributed by atoms with E-state index >= 15 is 0 Å². The molecular weight excluding hydrogens is 266 g/mol. The Balaban J connectivity index is 1.96. The molecule has 0 radical (unpaired) electrons. The molecule has 0 bridgehead atoms. The second-order valence-electron chi connectivity index (χ2n) is 4.59. The Bertz CT molecular complexity index is 570. The normalized spacial score (nSPS) is 10.0. The number of nitrogens with zero attached hydrogens (tertiary/aromatic N) is 2. The fourth-order valence-corrected chi connectivity index (χ4v) is 1.91. The summed E-state index contributed by atoms with van der Waals surface area (Å²) in [4.78, 5) is 17.6. The van der Waals surface area contributed by atoms with Crippen LogP contribution in [0, 0.1) is 0 Å². The summed E-state index contributed by atoms with van der Waals surface area (Å²) in [6, 6.07) is 13.9. The number of benzene rings is 1. The molecule has 1 aromatic carbocycles. The number of carbonyl (C=O) groups excluding carboxylic acids is 1. The highest BCUT2D eigenvalue weighted by molar-refractivity contribution is 5.83. The molecular formula is C16H19N3O2. The molecule has 2 aromatic rings. The summed E-state index contributed by atoms with van der Waals surface area (Å²) in [6.07, 6.45) is 1.24. The lowest BCUT2D eigenvalue weighted by Gasteiger charge is -2.19. The van der Waals surface area contributed by atoms with Crippen LogP contribution in [0.4, 0.5) is 16.3 Å². The smallest absolute Gasteiger partial charge is 0.412 e. The van der Waals surface area contributed by atoms with Gasteiger partial charge in [-0.3, -0.25) is 5.32 Å². The average molecular weight is 285 g/mol. The van der Waals surface area contributed by atoms with E-state index in [1.54, 1.807) is 19.2 Å². The van der Waals surface area contributed by atoms with E-state index in [4.69, 9.17) is 4.74 Å². The minimum absolute atomic E-state index is 0.337. The second kappa shape index (κ2) is 7.28. The molecule has 0 aliphatic rings. The molecule has 5 nitrogen and oxygen atoms in total. The first-order valence-electron chi connectivity index (χ1n) is 6.84. The SMILES string of the molecule is CCOC(=O)Nc1ccc(N(C)Cc2ccccc2)cn1. The Kier molecular flexibility index (Phi) is 5.15. The molecule has 21 heavy (non-hydrogen) atoms. The van der Waals surface area contributed by atoms with E-state index in [2.05, 4.69) is 27.3 Å². The van der Waals surface area contributed by atoms with Gasteiger partial charge in [-0.05, 0) is 24.6 Å². The van der Waals surface area contributed by atoms with E-state index < -0.39 is 6.09 Å². The van der Waals surface area contributed by atoms with Crippen LogP contribution < -0.4 is 10.2 Å². The topological polar surface area (TPSA) is 54.5 Å². The number of aromatic nitrogens is 1. The van der Waals surface area contributed by atoms with Crippen LogP contribution in [0.15, 0.2) is 48.7 Å². The third kappa shape index (κ3) is 4.49. The molecule has 1 N–H and O–H groups in total. The lowest BCUT2D eigenvalue weighted by molar-refractivity contribution is 0.168. The highest BCUT2D eigenvalue weighted by Crippen LogP contribution is 2.16. The van der Waals surface area contributed by atoms with Crippen LogP contribution in [0.5, 0.6) is 0 Å². The molecule has 1 amide bonds. The van der Waals surface area contributed by atoms with Gasteiger partial charge in [-0.15, -0.1) is 0 Å². The molecule has 0 saturated carbocycles. The molecule has 0 saturated heterocycles. The molecule has 0 fully saturated rings. The molecule has 0 unspecified atom stereocenters. The first-order chi connectivity index (χ1) is 10.2. The predicted octanol–water partition coefficient (Wildman–Crippen LogP) is 3.29. The van der Waals surface area contributed by atoms with Crippen LogP contribution in [0.1, 0.15) is 12.5 Å². The highest BCUT2D eigenvalue weighted by atomic mass is 16.5. The van der Waals surface area contributed by atoms with Crippen molar-refractivity contribution in [2.75, 3.05) is 23.9 Å². The Hall–Kier alpha value is -2.56. The Morgan fingerprint density at radius 3 is 2.62 bits per heavy atom. The van der Waals surface area contributed by atoms with E-state index in [-0.39, 0.29) is 0 Å². The fraction of sp³-hybridized carbons (Fsp3) is 0.250. The average Bonchev–Trinajstić information content (AvgIpc) is 2.49. The first-order valence-corrected chi connectivity index (χ1v) is 6.84. The number of nitrogens with one attached hydrogen (secondary N) is 1. The van der Waals surface area contributed by atoms with Crippen molar-refractivity contribution in [3.63, 3.8) is 0 Å². The Morgan fingerprint density at radius 2 is 2.00 bits per heavy atom. The van der Waals surface area contributed by atoms with Gasteiger partial charge in [0.2, 0.25) is 0 Å². The molecule has 110 valence electrons. The Morgan fingerprint density at radius 1 is 1.24 bits per heavy atom. The monoisotopic (exact) mass is 285 g/mol. The van der Waals surface area contributed by atoms with E-state index in [9.17, 15) is 4.79 Å². The maximum absolute atomic E-state index is 11.3. The van der Waals surface area contributed by atoms with Crippen molar-refractivity contribution >= 4 is 17.6 Å². The molecule has 5 heteroatoms. The number of anilines is 2. The van der Waals surface area contributed by atoms with Gasteiger partial charge in [-0.25, -0.2) is 9.78 Å². The number of carbonyl (C=O) groups is 1. The maximum atomic E-state index is 11.3. The van der Waals surface area contributed by atoms with Crippen LogP contribution in [-0.2, 0) is 11.3 Å². The summed E-state index contributed by atoms with van der Waals surface area (Å²) in [5, 5.41) is 2.57. The predicted molar refractivity (Wildman–Crippen MR) is 83.4 cm³/mol. The number of ether oxygens (including phenoxy) is 1. The molecule has 0 aliphatic carbocycles. The van der Waals surface area contributed by atoms with Gasteiger partial charge < -0.3 is 9.64 Å². The van der Waals surface area contributed by atoms with Crippen molar-refractivity contribution < 1.29 is 9.53 Å². The molecule has 2 rings (SSSR count). The van der Waals surface area contributed by atoms with Crippen molar-refractivity contribution in [3.8, 4) is 0 Å². The van der Waals surface area contributed by atoms with Crippen molar-refractivity contribution in [2.45, 2.75) is 13.5 Å². The zero-order valence-electron chi connectivity index (χ0n) is 12.2. The molecule has 1 aromatic heterocycles. The standard InChI is InChI=1S/C16H19N3O2/c1-3-21-16(20)18-15-10-9-14(11-17-15)19(2)12-13-7-5-4-6-8-13/h4-11H,3,12H2,1-2H3,(H,17,18,20). The minimum Gasteiger partial charge on any atom is -0.450 e. The van der Waals surface area contributed by atoms with Gasteiger partial charge in [-0.2, -0.15) is 0 Å². The molecule has 0 spiro atoms. The van der Waals surface area contributed by atoms with Crippen LogP contribution in [0.3, 0.4) is 0 Å². The number of amides is 1. The zero-order valence-corrected chi connectivity index (χ0v) is 12.2. The molecule has 1 heterocycles. The maximum Gasteiger partial charge on any atom is 0.412 e. The third-order valence-electron chi connectivity index (χ3n) is 2.96. The summed E-state index contributed by atoms with van der Waals surface area (Å²) < 4.78 is 4.80. The summed E-state index contributed by atoms with van der Waals surface area (Å²) >= 11 is 0. The lowest BCUT2D eigenvalue weighted by Crippen LogP contribution is -2.17. The van der Waals surface area contributed by atoms with Crippen molar-refractivity contribution in [3.05, 3.63) is 54.2 Å². The number of rotatable bonds is 5. The second-order valence-corrected chi connectivity index (χ2v) is 4.59. The number of hydrogen-bond donors (Lipinski definition) is 1. The van der Waals surface area contributed by atoms with Crippen molar-refractivity contribution in [1.82, 2.24) is 4.98 Å². The first kappa shape index (κ1) is 14.8. The van der Waals surface area contributed by atoms with Crippen molar-refractivity contribution in [2.24, 2.45) is 0 Å². The Labute approximate surface area is 124 Å². The summed E-state index contributed by atoms with van der Waals surface area (Å²) in [5.74, 6) is 0.477. The van der Waals surface area contributed by atoms with E-state index in [1.165, 1.54) is 5.56 Å². The van der Waals surface area contributed by atoms with Crippen LogP contribution >= 0.6 is 0 Å². The van der Waals surface area contributed by atoms with Gasteiger partial charge >= 0.3 is 6.09 Å². The number of hydrogen-bond acceptors (Lipinski definition) is 4. The summed E-state index contributed by atoms with van der Waals surface area (Å²) in [5.41, 5.74) is 2.21. The molecule has 0 aliphatic heterocycles. The number of pyridine rings is 1. The largest absolute Gasteiger partial charge is 0.450 e. The van der Waals surface area contributed by atoms with Crippen LogP contribution in [0.25, 0.3) is 0 Å². The lowest BCUT2D eigenvalue weighted by atomic mass is 10.2. The molecule has 0 atom stereocenters.